The molecule has 0 aliphatic carbocycles. The van der Waals surface area contributed by atoms with E-state index in [1.807, 2.05) is 30.5 Å². The van der Waals surface area contributed by atoms with Gasteiger partial charge in [-0.3, -0.25) is 0 Å². The normalized spacial score (nSPS) is 16.2. The van der Waals surface area contributed by atoms with E-state index < -0.39 is 0 Å². The Morgan fingerprint density at radius 3 is 2.89 bits per heavy atom. The predicted octanol–water partition coefficient (Wildman–Crippen LogP) is 1.98. The molecule has 0 bridgehead atoms. The molecule has 1 aromatic carbocycles. The third kappa shape index (κ3) is 2.49. The Morgan fingerprint density at radius 1 is 1.17 bits per heavy atom. The van der Waals surface area contributed by atoms with Gasteiger partial charge in [-0.25, -0.2) is 9.97 Å². The summed E-state index contributed by atoms with van der Waals surface area (Å²) < 4.78 is 0. The van der Waals surface area contributed by atoms with E-state index in [0.29, 0.717) is 11.7 Å². The lowest BCUT2D eigenvalue weighted by molar-refractivity contribution is 0.447. The van der Waals surface area contributed by atoms with Crippen molar-refractivity contribution in [1.29, 1.82) is 0 Å². The Kier molecular flexibility index (Phi) is 3.20. The number of fused-ring (bicyclic) bond motifs is 1. The Balaban J connectivity index is 1.84. The molecule has 0 radical (unpaired) electrons. The molecular weight excluding hydrogens is 222 g/mol. The Bertz CT molecular complexity index is 604. The van der Waals surface area contributed by atoms with Gasteiger partial charge in [0.15, 0.2) is 0 Å². The molecule has 1 N–H and O–H groups in total. The molecule has 3 heteroatoms. The molecular formula is C15H15N3. The highest BCUT2D eigenvalue weighted by molar-refractivity contribution is 5.77. The van der Waals surface area contributed by atoms with Crippen LogP contribution in [-0.4, -0.2) is 23.1 Å². The fourth-order valence-corrected chi connectivity index (χ4v) is 2.17. The number of nitrogens with one attached hydrogen (secondary N) is 1. The summed E-state index contributed by atoms with van der Waals surface area (Å²) in [7, 11) is 0. The summed E-state index contributed by atoms with van der Waals surface area (Å²) in [4.78, 5) is 8.75. The van der Waals surface area contributed by atoms with Crippen LogP contribution in [-0.2, 0) is 0 Å². The van der Waals surface area contributed by atoms with Gasteiger partial charge in [0.05, 0.1) is 5.52 Å². The molecule has 0 saturated carbocycles. The van der Waals surface area contributed by atoms with Gasteiger partial charge < -0.3 is 5.32 Å². The molecule has 1 aromatic heterocycles. The fraction of sp³-hybridized carbons (Fsp3) is 0.333. The summed E-state index contributed by atoms with van der Waals surface area (Å²) in [5.41, 5.74) is 0.960. The summed E-state index contributed by atoms with van der Waals surface area (Å²) >= 11 is 0. The smallest absolute Gasteiger partial charge is 0.205 e. The van der Waals surface area contributed by atoms with Gasteiger partial charge in [-0.2, -0.15) is 0 Å². The van der Waals surface area contributed by atoms with Crippen molar-refractivity contribution in [3.8, 4) is 11.8 Å². The van der Waals surface area contributed by atoms with E-state index in [1.165, 1.54) is 0 Å². The zero-order chi connectivity index (χ0) is 12.2. The third-order valence-electron chi connectivity index (χ3n) is 3.22. The molecule has 0 spiro atoms. The average Bonchev–Trinajstić information content (AvgIpc) is 2.46. The van der Waals surface area contributed by atoms with Crippen LogP contribution in [0.1, 0.15) is 18.7 Å². The maximum absolute atomic E-state index is 4.46. The van der Waals surface area contributed by atoms with E-state index in [4.69, 9.17) is 0 Å². The minimum absolute atomic E-state index is 0.487. The van der Waals surface area contributed by atoms with E-state index in [9.17, 15) is 0 Å². The fourth-order valence-electron chi connectivity index (χ4n) is 2.17. The van der Waals surface area contributed by atoms with Crippen LogP contribution < -0.4 is 5.32 Å². The quantitative estimate of drug-likeness (QED) is 0.712. The lowest BCUT2D eigenvalue weighted by Crippen LogP contribution is -2.26. The SMILES string of the molecule is C(#CC1CCNCC1)c1ncc2ccccc2n1. The van der Waals surface area contributed by atoms with Gasteiger partial charge in [0.2, 0.25) is 5.82 Å². The first-order valence-electron chi connectivity index (χ1n) is 6.36. The number of para-hydroxylation sites is 1. The second-order valence-electron chi connectivity index (χ2n) is 4.55. The summed E-state index contributed by atoms with van der Waals surface area (Å²) in [5.74, 6) is 7.51. The number of nitrogens with zero attached hydrogens (tertiary/aromatic N) is 2. The van der Waals surface area contributed by atoms with Crippen molar-refractivity contribution in [1.82, 2.24) is 15.3 Å². The van der Waals surface area contributed by atoms with E-state index in [0.717, 1.165) is 36.8 Å². The van der Waals surface area contributed by atoms with Crippen LogP contribution in [0.3, 0.4) is 0 Å². The van der Waals surface area contributed by atoms with Gasteiger partial charge >= 0.3 is 0 Å². The molecule has 1 saturated heterocycles. The molecule has 1 fully saturated rings. The first kappa shape index (κ1) is 11.2. The van der Waals surface area contributed by atoms with Crippen LogP contribution in [0.2, 0.25) is 0 Å². The number of aromatic nitrogens is 2. The number of benzene rings is 1. The van der Waals surface area contributed by atoms with Gasteiger partial charge in [0.25, 0.3) is 0 Å². The van der Waals surface area contributed by atoms with Crippen molar-refractivity contribution in [2.75, 3.05) is 13.1 Å². The highest BCUT2D eigenvalue weighted by Crippen LogP contribution is 2.11. The maximum Gasteiger partial charge on any atom is 0.205 e. The number of piperidine rings is 1. The second-order valence-corrected chi connectivity index (χ2v) is 4.55. The summed E-state index contributed by atoms with van der Waals surface area (Å²) in [6, 6.07) is 7.98. The van der Waals surface area contributed by atoms with Crippen LogP contribution in [0.4, 0.5) is 0 Å². The maximum atomic E-state index is 4.46. The zero-order valence-electron chi connectivity index (χ0n) is 10.2. The van der Waals surface area contributed by atoms with Crippen molar-refractivity contribution >= 4 is 10.9 Å². The molecule has 1 aliphatic heterocycles. The summed E-state index contributed by atoms with van der Waals surface area (Å²) in [5, 5.41) is 4.40. The van der Waals surface area contributed by atoms with E-state index in [-0.39, 0.29) is 0 Å². The Morgan fingerprint density at radius 2 is 2.00 bits per heavy atom. The topological polar surface area (TPSA) is 37.8 Å². The number of hydrogen-bond acceptors (Lipinski definition) is 3. The van der Waals surface area contributed by atoms with Gasteiger partial charge in [-0.1, -0.05) is 24.1 Å². The summed E-state index contributed by atoms with van der Waals surface area (Å²) in [6.07, 6.45) is 4.09. The van der Waals surface area contributed by atoms with Crippen molar-refractivity contribution in [3.63, 3.8) is 0 Å². The minimum Gasteiger partial charge on any atom is -0.317 e. The van der Waals surface area contributed by atoms with Crippen LogP contribution in [0, 0.1) is 17.8 Å². The molecule has 0 unspecified atom stereocenters. The first-order valence-corrected chi connectivity index (χ1v) is 6.36. The lowest BCUT2D eigenvalue weighted by atomic mass is 9.99. The molecule has 0 amide bonds. The van der Waals surface area contributed by atoms with Crippen LogP contribution >= 0.6 is 0 Å². The molecule has 3 rings (SSSR count). The van der Waals surface area contributed by atoms with E-state index in [2.05, 4.69) is 27.1 Å². The van der Waals surface area contributed by atoms with Crippen molar-refractivity contribution in [3.05, 3.63) is 36.3 Å². The largest absolute Gasteiger partial charge is 0.317 e. The zero-order valence-corrected chi connectivity index (χ0v) is 10.2. The van der Waals surface area contributed by atoms with Crippen molar-refractivity contribution in [2.24, 2.45) is 5.92 Å². The van der Waals surface area contributed by atoms with Crippen molar-refractivity contribution in [2.45, 2.75) is 12.8 Å². The van der Waals surface area contributed by atoms with Crippen LogP contribution in [0.5, 0.6) is 0 Å². The Labute approximate surface area is 107 Å². The molecule has 18 heavy (non-hydrogen) atoms. The molecule has 1 aliphatic rings. The highest BCUT2D eigenvalue weighted by Gasteiger charge is 2.09. The lowest BCUT2D eigenvalue weighted by Gasteiger charge is -2.17. The standard InChI is InChI=1S/C15H15N3/c1-2-4-14-13(3-1)11-17-15(18-14)6-5-12-7-9-16-10-8-12/h1-4,11-12,16H,7-10H2. The first-order chi connectivity index (χ1) is 8.92. The second kappa shape index (κ2) is 5.16. The minimum atomic E-state index is 0.487. The molecule has 2 aromatic rings. The van der Waals surface area contributed by atoms with Gasteiger partial charge in [0, 0.05) is 17.5 Å². The van der Waals surface area contributed by atoms with Gasteiger partial charge in [-0.05, 0) is 37.9 Å². The van der Waals surface area contributed by atoms with E-state index in [1.54, 1.807) is 0 Å². The number of hydrogen-bond donors (Lipinski definition) is 1. The van der Waals surface area contributed by atoms with Crippen molar-refractivity contribution < 1.29 is 0 Å². The molecule has 0 atom stereocenters. The highest BCUT2D eigenvalue weighted by atomic mass is 14.9. The van der Waals surface area contributed by atoms with Gasteiger partial charge in [0.1, 0.15) is 0 Å². The molecule has 90 valence electrons. The van der Waals surface area contributed by atoms with E-state index >= 15 is 0 Å². The average molecular weight is 237 g/mol. The Hall–Kier alpha value is -1.92. The van der Waals surface area contributed by atoms with Gasteiger partial charge in [-0.15, -0.1) is 0 Å². The molecule has 2 heterocycles. The monoisotopic (exact) mass is 237 g/mol. The van der Waals surface area contributed by atoms with Crippen LogP contribution in [0.15, 0.2) is 30.5 Å². The number of rotatable bonds is 0. The molecule has 3 nitrogen and oxygen atoms in total. The predicted molar refractivity (Wildman–Crippen MR) is 72.0 cm³/mol. The summed E-state index contributed by atoms with van der Waals surface area (Å²) in [6.45, 7) is 2.13. The van der Waals surface area contributed by atoms with Crippen LogP contribution in [0.25, 0.3) is 10.9 Å². The third-order valence-corrected chi connectivity index (χ3v) is 3.22.